The highest BCUT2D eigenvalue weighted by Crippen LogP contribution is 2.33. The molecule has 0 N–H and O–H groups in total. The molecule has 2 aromatic heterocycles. The maximum atomic E-state index is 13.0. The molecule has 0 radical (unpaired) electrons. The van der Waals surface area contributed by atoms with Gasteiger partial charge in [0.05, 0.1) is 6.04 Å². The number of hydrogen-bond donors (Lipinski definition) is 0. The van der Waals surface area contributed by atoms with E-state index in [0.717, 1.165) is 23.0 Å². The van der Waals surface area contributed by atoms with Crippen LogP contribution in [0, 0.1) is 0 Å². The smallest absolute Gasteiger partial charge is 0.410 e. The molecule has 0 bridgehead atoms. The van der Waals surface area contributed by atoms with E-state index in [1.54, 1.807) is 11.9 Å². The molecule has 0 aromatic carbocycles. The van der Waals surface area contributed by atoms with Crippen molar-refractivity contribution in [1.29, 1.82) is 0 Å². The van der Waals surface area contributed by atoms with Gasteiger partial charge in [-0.25, -0.2) is 14.6 Å². The van der Waals surface area contributed by atoms with E-state index in [4.69, 9.17) is 9.72 Å². The van der Waals surface area contributed by atoms with Crippen LogP contribution in [0.3, 0.4) is 0 Å². The van der Waals surface area contributed by atoms with Gasteiger partial charge < -0.3 is 9.30 Å². The zero-order chi connectivity index (χ0) is 23.1. The Labute approximate surface area is 181 Å². The van der Waals surface area contributed by atoms with Crippen molar-refractivity contribution in [2.24, 2.45) is 14.1 Å². The quantitative estimate of drug-likeness (QED) is 0.697. The molecule has 170 valence electrons. The van der Waals surface area contributed by atoms with Gasteiger partial charge in [0.2, 0.25) is 0 Å². The van der Waals surface area contributed by atoms with E-state index in [1.165, 1.54) is 11.6 Å². The predicted molar refractivity (Wildman–Crippen MR) is 119 cm³/mol. The number of amides is 1. The molecule has 1 atom stereocenters. The Hall–Kier alpha value is -2.84. The van der Waals surface area contributed by atoms with Gasteiger partial charge in [-0.2, -0.15) is 0 Å². The van der Waals surface area contributed by atoms with Crippen molar-refractivity contribution in [1.82, 2.24) is 23.6 Å². The molecular weight excluding hydrogens is 398 g/mol. The third-order valence-electron chi connectivity index (χ3n) is 5.49. The van der Waals surface area contributed by atoms with Crippen molar-refractivity contribution in [3.05, 3.63) is 38.3 Å². The molecular formula is C22H33N5O4. The number of allylic oxidation sites excluding steroid dienone is 2. The minimum Gasteiger partial charge on any atom is -0.444 e. The van der Waals surface area contributed by atoms with Crippen LogP contribution >= 0.6 is 0 Å². The average Bonchev–Trinajstić information content (AvgIpc) is 3.07. The third kappa shape index (κ3) is 4.45. The Morgan fingerprint density at radius 3 is 2.45 bits per heavy atom. The topological polar surface area (TPSA) is 91.4 Å². The summed E-state index contributed by atoms with van der Waals surface area (Å²) in [5.74, 6) is 0.608. The largest absolute Gasteiger partial charge is 0.444 e. The molecule has 0 aliphatic carbocycles. The van der Waals surface area contributed by atoms with Gasteiger partial charge in [0.15, 0.2) is 11.2 Å². The van der Waals surface area contributed by atoms with Gasteiger partial charge in [0, 0.05) is 27.2 Å². The number of aryl methyl sites for hydroxylation is 1. The van der Waals surface area contributed by atoms with E-state index in [1.807, 2.05) is 45.3 Å². The number of aromatic nitrogens is 4. The fraction of sp³-hybridized carbons (Fsp3) is 0.636. The van der Waals surface area contributed by atoms with Crippen molar-refractivity contribution in [3.8, 4) is 0 Å². The summed E-state index contributed by atoms with van der Waals surface area (Å²) in [6.07, 6.45) is 4.15. The number of ether oxygens (including phenoxy) is 1. The van der Waals surface area contributed by atoms with E-state index < -0.39 is 16.9 Å². The molecule has 1 fully saturated rings. The van der Waals surface area contributed by atoms with Crippen LogP contribution in [0.5, 0.6) is 0 Å². The Bertz CT molecular complexity index is 1140. The van der Waals surface area contributed by atoms with Crippen molar-refractivity contribution in [2.75, 3.05) is 6.54 Å². The van der Waals surface area contributed by atoms with Crippen molar-refractivity contribution in [3.63, 3.8) is 0 Å². The molecule has 0 spiro atoms. The van der Waals surface area contributed by atoms with Crippen LogP contribution in [0.1, 0.15) is 65.7 Å². The molecule has 3 rings (SSSR count). The number of rotatable bonds is 3. The van der Waals surface area contributed by atoms with Crippen LogP contribution in [0.25, 0.3) is 11.2 Å². The predicted octanol–water partition coefficient (Wildman–Crippen LogP) is 2.86. The second-order valence-corrected chi connectivity index (χ2v) is 9.43. The fourth-order valence-corrected chi connectivity index (χ4v) is 3.92. The first-order valence-electron chi connectivity index (χ1n) is 10.7. The number of imidazole rings is 1. The van der Waals surface area contributed by atoms with Crippen LogP contribution < -0.4 is 11.2 Å². The molecule has 1 aliphatic heterocycles. The molecule has 3 heterocycles. The number of hydrogen-bond acceptors (Lipinski definition) is 5. The zero-order valence-corrected chi connectivity index (χ0v) is 19.6. The lowest BCUT2D eigenvalue weighted by molar-refractivity contribution is 0.00813. The summed E-state index contributed by atoms with van der Waals surface area (Å²) in [6.45, 7) is 10.5. The first-order chi connectivity index (χ1) is 14.4. The summed E-state index contributed by atoms with van der Waals surface area (Å²) in [5.41, 5.74) is 0.372. The van der Waals surface area contributed by atoms with Gasteiger partial charge >= 0.3 is 11.8 Å². The minimum atomic E-state index is -0.610. The molecule has 1 unspecified atom stereocenters. The maximum Gasteiger partial charge on any atom is 0.410 e. The summed E-state index contributed by atoms with van der Waals surface area (Å²) >= 11 is 0. The monoisotopic (exact) mass is 431 g/mol. The second-order valence-electron chi connectivity index (χ2n) is 9.43. The molecule has 31 heavy (non-hydrogen) atoms. The second kappa shape index (κ2) is 8.36. The number of carbonyl (C=O) groups excluding carboxylic acids is 1. The number of fused-ring (bicyclic) bond motifs is 1. The highest BCUT2D eigenvalue weighted by atomic mass is 16.6. The van der Waals surface area contributed by atoms with Gasteiger partial charge in [0.25, 0.3) is 5.56 Å². The van der Waals surface area contributed by atoms with Crippen LogP contribution in [-0.4, -0.2) is 41.8 Å². The van der Waals surface area contributed by atoms with Crippen LogP contribution in [-0.2, 0) is 25.4 Å². The Balaban J connectivity index is 2.23. The van der Waals surface area contributed by atoms with E-state index in [0.29, 0.717) is 36.5 Å². The number of likely N-dealkylation sites (tertiary alicyclic amines) is 1. The maximum absolute atomic E-state index is 13.0. The first kappa shape index (κ1) is 22.8. The highest BCUT2D eigenvalue weighted by molar-refractivity contribution is 5.72. The average molecular weight is 432 g/mol. The first-order valence-corrected chi connectivity index (χ1v) is 10.7. The fourth-order valence-electron chi connectivity index (χ4n) is 3.92. The normalized spacial score (nSPS) is 17.1. The van der Waals surface area contributed by atoms with Crippen molar-refractivity contribution < 1.29 is 9.53 Å². The van der Waals surface area contributed by atoms with Gasteiger partial charge in [-0.15, -0.1) is 0 Å². The Kier molecular flexibility index (Phi) is 6.16. The molecule has 1 amide bonds. The summed E-state index contributed by atoms with van der Waals surface area (Å²) in [6, 6.07) is -0.332. The lowest BCUT2D eigenvalue weighted by atomic mass is 10.0. The van der Waals surface area contributed by atoms with Gasteiger partial charge in [0.1, 0.15) is 11.4 Å². The van der Waals surface area contributed by atoms with E-state index in [2.05, 4.69) is 0 Å². The molecule has 1 saturated heterocycles. The SMILES string of the molecule is CC(C)=CCn1c(C2CCCCN2C(=O)OC(C)(C)C)nc2c1c(=O)n(C)c(=O)n2C. The zero-order valence-electron chi connectivity index (χ0n) is 19.6. The van der Waals surface area contributed by atoms with E-state index in [9.17, 15) is 14.4 Å². The minimum absolute atomic E-state index is 0.332. The Morgan fingerprint density at radius 1 is 1.16 bits per heavy atom. The van der Waals surface area contributed by atoms with Crippen LogP contribution in [0.4, 0.5) is 4.79 Å². The highest BCUT2D eigenvalue weighted by Gasteiger charge is 2.35. The van der Waals surface area contributed by atoms with Crippen LogP contribution in [0.15, 0.2) is 21.2 Å². The van der Waals surface area contributed by atoms with E-state index in [-0.39, 0.29) is 12.1 Å². The molecule has 1 aliphatic rings. The Morgan fingerprint density at radius 2 is 1.84 bits per heavy atom. The third-order valence-corrected chi connectivity index (χ3v) is 5.49. The van der Waals surface area contributed by atoms with Gasteiger partial charge in [-0.05, 0) is 53.9 Å². The summed E-state index contributed by atoms with van der Waals surface area (Å²) in [4.78, 5) is 44.9. The lowest BCUT2D eigenvalue weighted by Gasteiger charge is -2.36. The van der Waals surface area contributed by atoms with E-state index >= 15 is 0 Å². The van der Waals surface area contributed by atoms with Crippen molar-refractivity contribution in [2.45, 2.75) is 72.1 Å². The number of carbonyl (C=O) groups is 1. The van der Waals surface area contributed by atoms with Gasteiger partial charge in [-0.3, -0.25) is 18.8 Å². The lowest BCUT2D eigenvalue weighted by Crippen LogP contribution is -2.42. The molecule has 2 aromatic rings. The van der Waals surface area contributed by atoms with Crippen LogP contribution in [0.2, 0.25) is 0 Å². The molecule has 9 nitrogen and oxygen atoms in total. The van der Waals surface area contributed by atoms with Crippen molar-refractivity contribution >= 4 is 17.3 Å². The van der Waals surface area contributed by atoms with Gasteiger partial charge in [-0.1, -0.05) is 11.6 Å². The molecule has 0 saturated carbocycles. The summed E-state index contributed by atoms with van der Waals surface area (Å²) < 4.78 is 9.97. The summed E-state index contributed by atoms with van der Waals surface area (Å²) in [7, 11) is 3.08. The number of piperidine rings is 1. The summed E-state index contributed by atoms with van der Waals surface area (Å²) in [5, 5.41) is 0. The molecule has 9 heteroatoms. The number of nitrogens with zero attached hydrogens (tertiary/aromatic N) is 5. The standard InChI is InChI=1S/C22H33N5O4/c1-14(2)11-13-27-16-18(24(6)20(29)25(7)19(16)28)23-17(27)15-10-8-9-12-26(15)21(30)31-22(3,4)5/h11,15H,8-10,12-13H2,1-7H3.